The summed E-state index contributed by atoms with van der Waals surface area (Å²) in [5, 5.41) is 8.65. The number of allylic oxidation sites excluding steroid dienone is 4. The molecule has 10 heavy (non-hydrogen) atoms. The fourth-order valence-electron chi connectivity index (χ4n) is 0.369. The number of rotatable bonds is 3. The van der Waals surface area contributed by atoms with Crippen LogP contribution in [0.3, 0.4) is 0 Å². The van der Waals surface area contributed by atoms with Gasteiger partial charge in [0.1, 0.15) is 0 Å². The zero-order chi connectivity index (χ0) is 7.98. The molecular formula is C8H8ClN. The van der Waals surface area contributed by atoms with Gasteiger partial charge in [0.05, 0.1) is 12.5 Å². The van der Waals surface area contributed by atoms with Crippen molar-refractivity contribution < 1.29 is 0 Å². The van der Waals surface area contributed by atoms with Crippen LogP contribution in [0.5, 0.6) is 0 Å². The highest BCUT2D eigenvalue weighted by Gasteiger charge is 1.84. The van der Waals surface area contributed by atoms with E-state index in [0.29, 0.717) is 11.5 Å². The van der Waals surface area contributed by atoms with Crippen LogP contribution in [0.4, 0.5) is 0 Å². The van der Waals surface area contributed by atoms with Crippen molar-refractivity contribution in [1.82, 2.24) is 0 Å². The van der Waals surface area contributed by atoms with Gasteiger partial charge in [-0.05, 0) is 11.6 Å². The third-order valence-corrected chi connectivity index (χ3v) is 0.932. The minimum Gasteiger partial charge on any atom is -0.198 e. The lowest BCUT2D eigenvalue weighted by Gasteiger charge is -1.87. The molecule has 52 valence electrons. The Labute approximate surface area is 65.9 Å². The van der Waals surface area contributed by atoms with Crippen molar-refractivity contribution in [3.05, 3.63) is 35.9 Å². The highest BCUT2D eigenvalue weighted by Crippen LogP contribution is 2.03. The van der Waals surface area contributed by atoms with Crippen LogP contribution in [0.2, 0.25) is 0 Å². The topological polar surface area (TPSA) is 23.8 Å². The molecule has 0 aromatic rings. The molecule has 2 heteroatoms. The van der Waals surface area contributed by atoms with Crippen LogP contribution in [0.15, 0.2) is 35.9 Å². The van der Waals surface area contributed by atoms with E-state index < -0.39 is 0 Å². The molecule has 0 amide bonds. The summed E-state index contributed by atoms with van der Waals surface area (Å²) in [4.78, 5) is 0. The second-order valence-electron chi connectivity index (χ2n) is 1.77. The van der Waals surface area contributed by atoms with Crippen molar-refractivity contribution in [3.8, 4) is 6.07 Å². The van der Waals surface area contributed by atoms with Crippen LogP contribution < -0.4 is 0 Å². The molecule has 0 aliphatic carbocycles. The maximum absolute atomic E-state index is 8.20. The number of nitrogens with zero attached hydrogens (tertiary/aromatic N) is 1. The van der Waals surface area contributed by atoms with Gasteiger partial charge in [-0.1, -0.05) is 30.8 Å². The van der Waals surface area contributed by atoms with E-state index in [4.69, 9.17) is 16.9 Å². The van der Waals surface area contributed by atoms with Gasteiger partial charge in [0.15, 0.2) is 0 Å². The molecule has 0 unspecified atom stereocenters. The molecule has 0 aromatic heterocycles. The molecule has 0 saturated carbocycles. The molecule has 0 rings (SSSR count). The van der Waals surface area contributed by atoms with Crippen molar-refractivity contribution in [3.63, 3.8) is 0 Å². The predicted octanol–water partition coefficient (Wildman–Crippen LogP) is 2.76. The molecule has 0 fully saturated rings. The minimum absolute atomic E-state index is 0.334. The third-order valence-electron chi connectivity index (χ3n) is 0.806. The van der Waals surface area contributed by atoms with Crippen molar-refractivity contribution >= 4 is 11.6 Å². The molecule has 0 heterocycles. The van der Waals surface area contributed by atoms with Crippen molar-refractivity contribution in [2.45, 2.75) is 6.42 Å². The zero-order valence-corrected chi connectivity index (χ0v) is 6.36. The first-order valence-electron chi connectivity index (χ1n) is 2.74. The molecule has 0 spiro atoms. The SMILES string of the molecule is C=C(Cl)/C=C\C(=C)CC#N. The molecule has 0 saturated heterocycles. The molecule has 0 aliphatic rings. The fourth-order valence-corrected chi connectivity index (χ4v) is 0.432. The van der Waals surface area contributed by atoms with E-state index in [2.05, 4.69) is 13.2 Å². The summed E-state index contributed by atoms with van der Waals surface area (Å²) in [5.41, 5.74) is 0.740. The van der Waals surface area contributed by atoms with Crippen LogP contribution in [-0.2, 0) is 0 Å². The summed E-state index contributed by atoms with van der Waals surface area (Å²) in [5.74, 6) is 0. The van der Waals surface area contributed by atoms with Gasteiger partial charge < -0.3 is 0 Å². The first kappa shape index (κ1) is 9.00. The van der Waals surface area contributed by atoms with Gasteiger partial charge in [0.25, 0.3) is 0 Å². The molecule has 0 atom stereocenters. The summed E-state index contributed by atoms with van der Waals surface area (Å²) < 4.78 is 0. The van der Waals surface area contributed by atoms with E-state index in [1.165, 1.54) is 0 Å². The predicted molar refractivity (Wildman–Crippen MR) is 43.5 cm³/mol. The van der Waals surface area contributed by atoms with E-state index in [-0.39, 0.29) is 0 Å². The number of hydrogen-bond acceptors (Lipinski definition) is 1. The largest absolute Gasteiger partial charge is 0.198 e. The lowest BCUT2D eigenvalue weighted by atomic mass is 10.2. The van der Waals surface area contributed by atoms with E-state index in [9.17, 15) is 0 Å². The first-order chi connectivity index (χ1) is 4.66. The third kappa shape index (κ3) is 5.14. The summed E-state index contributed by atoms with van der Waals surface area (Å²) in [7, 11) is 0. The average molecular weight is 154 g/mol. The lowest BCUT2D eigenvalue weighted by molar-refractivity contribution is 1.29. The Morgan fingerprint density at radius 2 is 2.10 bits per heavy atom. The van der Waals surface area contributed by atoms with Gasteiger partial charge in [-0.25, -0.2) is 0 Å². The minimum atomic E-state index is 0.334. The Morgan fingerprint density at radius 1 is 1.50 bits per heavy atom. The number of halogens is 1. The summed E-state index contributed by atoms with van der Waals surface area (Å²) in [6.07, 6.45) is 3.63. The normalized spacial score (nSPS) is 9.20. The van der Waals surface area contributed by atoms with Crippen molar-refractivity contribution in [1.29, 1.82) is 5.26 Å². The molecule has 0 radical (unpaired) electrons. The van der Waals surface area contributed by atoms with Crippen LogP contribution >= 0.6 is 11.6 Å². The molecule has 0 aromatic carbocycles. The van der Waals surface area contributed by atoms with E-state index in [0.717, 1.165) is 5.57 Å². The maximum atomic E-state index is 8.20. The Morgan fingerprint density at radius 3 is 2.50 bits per heavy atom. The molecule has 1 nitrogen and oxygen atoms in total. The average Bonchev–Trinajstić information content (AvgIpc) is 1.85. The van der Waals surface area contributed by atoms with Crippen LogP contribution in [0.1, 0.15) is 6.42 Å². The fraction of sp³-hybridized carbons (Fsp3) is 0.125. The van der Waals surface area contributed by atoms with Gasteiger partial charge >= 0.3 is 0 Å². The molecule has 0 bridgehead atoms. The highest BCUT2D eigenvalue weighted by atomic mass is 35.5. The monoisotopic (exact) mass is 153 g/mol. The second kappa shape index (κ2) is 4.84. The van der Waals surface area contributed by atoms with E-state index in [1.54, 1.807) is 12.2 Å². The van der Waals surface area contributed by atoms with E-state index >= 15 is 0 Å². The van der Waals surface area contributed by atoms with Crippen molar-refractivity contribution in [2.24, 2.45) is 0 Å². The molecule has 0 aliphatic heterocycles. The molecule has 0 N–H and O–H groups in total. The Hall–Kier alpha value is -1.00. The Balaban J connectivity index is 3.81. The van der Waals surface area contributed by atoms with Gasteiger partial charge in [-0.2, -0.15) is 5.26 Å². The lowest BCUT2D eigenvalue weighted by Crippen LogP contribution is -1.70. The standard InChI is InChI=1S/C8H8ClN/c1-7(5-6-10)3-4-8(2)9/h3-4H,1-2,5H2/b4-3-. The Bertz CT molecular complexity index is 208. The maximum Gasteiger partial charge on any atom is 0.0669 e. The summed E-state index contributed by atoms with van der Waals surface area (Å²) >= 11 is 5.42. The highest BCUT2D eigenvalue weighted by molar-refractivity contribution is 6.30. The number of hydrogen-bond donors (Lipinski definition) is 0. The smallest absolute Gasteiger partial charge is 0.0669 e. The van der Waals surface area contributed by atoms with Gasteiger partial charge in [-0.3, -0.25) is 0 Å². The van der Waals surface area contributed by atoms with Gasteiger partial charge in [-0.15, -0.1) is 0 Å². The van der Waals surface area contributed by atoms with Gasteiger partial charge in [0, 0.05) is 5.03 Å². The van der Waals surface area contributed by atoms with Crippen LogP contribution in [0, 0.1) is 11.3 Å². The summed E-state index contributed by atoms with van der Waals surface area (Å²) in [6, 6.07) is 1.97. The van der Waals surface area contributed by atoms with Crippen molar-refractivity contribution in [2.75, 3.05) is 0 Å². The molecular weight excluding hydrogens is 146 g/mol. The summed E-state index contributed by atoms with van der Waals surface area (Å²) in [6.45, 7) is 7.05. The Kier molecular flexibility index (Phi) is 4.36. The van der Waals surface area contributed by atoms with Gasteiger partial charge in [0.2, 0.25) is 0 Å². The van der Waals surface area contributed by atoms with E-state index in [1.807, 2.05) is 6.07 Å². The zero-order valence-electron chi connectivity index (χ0n) is 5.60. The number of nitriles is 1. The first-order valence-corrected chi connectivity index (χ1v) is 3.12. The van der Waals surface area contributed by atoms with Crippen LogP contribution in [0.25, 0.3) is 0 Å². The van der Waals surface area contributed by atoms with Crippen LogP contribution in [-0.4, -0.2) is 0 Å². The second-order valence-corrected chi connectivity index (χ2v) is 2.26. The quantitative estimate of drug-likeness (QED) is 0.572.